The Morgan fingerprint density at radius 2 is 2.12 bits per heavy atom. The van der Waals surface area contributed by atoms with E-state index < -0.39 is 29.2 Å². The van der Waals surface area contributed by atoms with E-state index in [4.69, 9.17) is 16.3 Å². The number of carbonyl (C=O) groups is 1. The standard InChI is InChI=1S/C19H25ClO6/c1-5-10(2)15(21)18(3,24)7-6-11-8-12-13(9-26-11)16(22)19(4,25)17(23)14(12)20/h6-10,15-16,21-22,24-25H,5H2,1-4H3/b7-6+. The lowest BCUT2D eigenvalue weighted by molar-refractivity contribution is -0.140. The first-order valence-corrected chi connectivity index (χ1v) is 8.84. The Morgan fingerprint density at radius 3 is 2.69 bits per heavy atom. The zero-order chi connectivity index (χ0) is 19.9. The van der Waals surface area contributed by atoms with Crippen molar-refractivity contribution in [2.75, 3.05) is 0 Å². The Labute approximate surface area is 157 Å². The highest BCUT2D eigenvalue weighted by Crippen LogP contribution is 2.39. The Morgan fingerprint density at radius 1 is 1.50 bits per heavy atom. The largest absolute Gasteiger partial charge is 0.465 e. The first kappa shape index (κ1) is 20.9. The fourth-order valence-corrected chi connectivity index (χ4v) is 3.22. The highest BCUT2D eigenvalue weighted by molar-refractivity contribution is 6.45. The van der Waals surface area contributed by atoms with Gasteiger partial charge in [-0.25, -0.2) is 0 Å². The van der Waals surface area contributed by atoms with Gasteiger partial charge in [0.15, 0.2) is 5.60 Å². The van der Waals surface area contributed by atoms with Crippen molar-refractivity contribution < 1.29 is 30.0 Å². The second kappa shape index (κ2) is 7.29. The average Bonchev–Trinajstić information content (AvgIpc) is 2.61. The maximum absolute atomic E-state index is 12.1. The summed E-state index contributed by atoms with van der Waals surface area (Å²) >= 11 is 6.06. The summed E-state index contributed by atoms with van der Waals surface area (Å²) in [4.78, 5) is 12.1. The van der Waals surface area contributed by atoms with Crippen LogP contribution in [-0.4, -0.2) is 49.6 Å². The van der Waals surface area contributed by atoms with Gasteiger partial charge in [0.1, 0.15) is 17.5 Å². The maximum Gasteiger partial charge on any atom is 0.209 e. The van der Waals surface area contributed by atoms with E-state index in [2.05, 4.69) is 0 Å². The molecule has 26 heavy (non-hydrogen) atoms. The van der Waals surface area contributed by atoms with Gasteiger partial charge in [0.2, 0.25) is 5.78 Å². The summed E-state index contributed by atoms with van der Waals surface area (Å²) in [6.07, 6.45) is 3.79. The summed E-state index contributed by atoms with van der Waals surface area (Å²) in [6, 6.07) is 0. The summed E-state index contributed by atoms with van der Waals surface area (Å²) < 4.78 is 5.40. The maximum atomic E-state index is 12.1. The van der Waals surface area contributed by atoms with E-state index in [1.807, 2.05) is 13.8 Å². The fourth-order valence-electron chi connectivity index (χ4n) is 2.86. The molecule has 0 aromatic heterocycles. The molecule has 0 saturated carbocycles. The van der Waals surface area contributed by atoms with E-state index in [0.717, 1.165) is 0 Å². The first-order chi connectivity index (χ1) is 11.9. The molecule has 0 spiro atoms. The van der Waals surface area contributed by atoms with E-state index in [0.29, 0.717) is 6.42 Å². The van der Waals surface area contributed by atoms with Crippen LogP contribution in [0.25, 0.3) is 0 Å². The third-order valence-corrected chi connectivity index (χ3v) is 5.38. The number of hydrogen-bond donors (Lipinski definition) is 4. The smallest absolute Gasteiger partial charge is 0.209 e. The normalized spacial score (nSPS) is 31.0. The predicted octanol–water partition coefficient (Wildman–Crippen LogP) is 1.69. The molecule has 2 aliphatic rings. The first-order valence-electron chi connectivity index (χ1n) is 8.47. The number of hydrogen-bond acceptors (Lipinski definition) is 6. The molecule has 1 heterocycles. The van der Waals surface area contributed by atoms with Crippen LogP contribution in [0, 0.1) is 5.92 Å². The summed E-state index contributed by atoms with van der Waals surface area (Å²) in [5.74, 6) is -0.618. The van der Waals surface area contributed by atoms with Crippen molar-refractivity contribution in [3.05, 3.63) is 46.4 Å². The van der Waals surface area contributed by atoms with Crippen molar-refractivity contribution in [3.8, 4) is 0 Å². The van der Waals surface area contributed by atoms with Gasteiger partial charge >= 0.3 is 0 Å². The Hall–Kier alpha value is -1.44. The van der Waals surface area contributed by atoms with Gasteiger partial charge in [0, 0.05) is 11.1 Å². The van der Waals surface area contributed by atoms with Crippen molar-refractivity contribution in [2.24, 2.45) is 5.92 Å². The van der Waals surface area contributed by atoms with E-state index in [1.54, 1.807) is 0 Å². The topological polar surface area (TPSA) is 107 Å². The van der Waals surface area contributed by atoms with E-state index in [9.17, 15) is 25.2 Å². The highest BCUT2D eigenvalue weighted by atomic mass is 35.5. The molecule has 0 amide bonds. The number of aliphatic hydroxyl groups is 4. The lowest BCUT2D eigenvalue weighted by Crippen LogP contribution is -2.51. The fraction of sp³-hybridized carbons (Fsp3) is 0.526. The molecule has 1 aliphatic heterocycles. The Balaban J connectivity index is 2.31. The van der Waals surface area contributed by atoms with Crippen LogP contribution in [0.5, 0.6) is 0 Å². The number of allylic oxidation sites excluding steroid dienone is 2. The molecule has 5 atom stereocenters. The minimum Gasteiger partial charge on any atom is -0.465 e. The Kier molecular flexibility index (Phi) is 5.85. The lowest BCUT2D eigenvalue weighted by Gasteiger charge is -2.35. The van der Waals surface area contributed by atoms with Crippen molar-refractivity contribution in [1.29, 1.82) is 0 Å². The zero-order valence-corrected chi connectivity index (χ0v) is 16.0. The van der Waals surface area contributed by atoms with Gasteiger partial charge in [-0.2, -0.15) is 0 Å². The molecular weight excluding hydrogens is 360 g/mol. The average molecular weight is 385 g/mol. The van der Waals surface area contributed by atoms with Crippen LogP contribution in [-0.2, 0) is 9.53 Å². The van der Waals surface area contributed by atoms with Crippen LogP contribution in [0.1, 0.15) is 34.1 Å². The third kappa shape index (κ3) is 3.66. The number of rotatable bonds is 5. The van der Waals surface area contributed by atoms with Crippen LogP contribution in [0.15, 0.2) is 46.4 Å². The van der Waals surface area contributed by atoms with E-state index >= 15 is 0 Å². The predicted molar refractivity (Wildman–Crippen MR) is 97.0 cm³/mol. The molecule has 2 rings (SSSR count). The van der Waals surface area contributed by atoms with Gasteiger partial charge in [-0.05, 0) is 38.0 Å². The molecule has 0 bridgehead atoms. The molecular formula is C19H25ClO6. The van der Waals surface area contributed by atoms with Crippen molar-refractivity contribution >= 4 is 17.4 Å². The zero-order valence-electron chi connectivity index (χ0n) is 15.2. The number of fused-ring (bicyclic) bond motifs is 1. The third-order valence-electron chi connectivity index (χ3n) is 5.01. The molecule has 0 aromatic carbocycles. The van der Waals surface area contributed by atoms with Crippen LogP contribution in [0.3, 0.4) is 0 Å². The monoisotopic (exact) mass is 384 g/mol. The van der Waals surface area contributed by atoms with Crippen molar-refractivity contribution in [3.63, 3.8) is 0 Å². The van der Waals surface area contributed by atoms with Gasteiger partial charge < -0.3 is 25.2 Å². The van der Waals surface area contributed by atoms with Crippen molar-refractivity contribution in [1.82, 2.24) is 0 Å². The number of Topliss-reactive ketones (excluding diaryl/α,β-unsaturated/α-hetero) is 1. The summed E-state index contributed by atoms with van der Waals surface area (Å²) in [7, 11) is 0. The summed E-state index contributed by atoms with van der Waals surface area (Å²) in [5.41, 5.74) is -3.05. The van der Waals surface area contributed by atoms with Gasteiger partial charge in [-0.3, -0.25) is 4.79 Å². The number of carbonyl (C=O) groups excluding carboxylic acids is 1. The molecule has 1 aliphatic carbocycles. The van der Waals surface area contributed by atoms with Crippen LogP contribution in [0.2, 0.25) is 0 Å². The Bertz CT molecular complexity index is 714. The van der Waals surface area contributed by atoms with Crippen molar-refractivity contribution in [2.45, 2.75) is 57.5 Å². The number of aliphatic hydroxyl groups excluding tert-OH is 2. The summed E-state index contributed by atoms with van der Waals surface area (Å²) in [6.45, 7) is 6.43. The van der Waals surface area contributed by atoms with E-state index in [-0.39, 0.29) is 27.9 Å². The van der Waals surface area contributed by atoms with Gasteiger partial charge in [0.05, 0.1) is 17.4 Å². The molecule has 144 valence electrons. The molecule has 5 unspecified atom stereocenters. The number of halogens is 1. The second-order valence-electron chi connectivity index (χ2n) is 7.23. The molecule has 0 radical (unpaired) electrons. The van der Waals surface area contributed by atoms with Crippen LogP contribution >= 0.6 is 11.6 Å². The van der Waals surface area contributed by atoms with Gasteiger partial charge in [0.25, 0.3) is 0 Å². The number of ketones is 1. The molecule has 0 fully saturated rings. The molecule has 6 nitrogen and oxygen atoms in total. The van der Waals surface area contributed by atoms with Crippen LogP contribution in [0.4, 0.5) is 0 Å². The van der Waals surface area contributed by atoms with Gasteiger partial charge in [-0.1, -0.05) is 31.9 Å². The minimum atomic E-state index is -2.03. The highest BCUT2D eigenvalue weighted by Gasteiger charge is 2.48. The quantitative estimate of drug-likeness (QED) is 0.574. The van der Waals surface area contributed by atoms with Crippen LogP contribution < -0.4 is 0 Å². The minimum absolute atomic E-state index is 0.104. The number of ether oxygens (including phenoxy) is 1. The molecule has 7 heteroatoms. The molecule has 0 aromatic rings. The lowest BCUT2D eigenvalue weighted by atomic mass is 9.79. The molecule has 4 N–H and O–H groups in total. The second-order valence-corrected chi connectivity index (χ2v) is 7.61. The van der Waals surface area contributed by atoms with E-state index in [1.165, 1.54) is 38.3 Å². The SMILES string of the molecule is CCC(C)C(O)C(C)(O)/C=C/C1=CC2=C(Cl)C(=O)C(C)(O)C(O)C2=CO1. The summed E-state index contributed by atoms with van der Waals surface area (Å²) in [5, 5.41) is 40.8. The van der Waals surface area contributed by atoms with Gasteiger partial charge in [-0.15, -0.1) is 0 Å². The molecule has 0 saturated heterocycles.